The van der Waals surface area contributed by atoms with Crippen LogP contribution in [-0.2, 0) is 11.2 Å². The molecule has 4 heteroatoms. The molecule has 2 nitrogen and oxygen atoms in total. The number of unbranched alkanes of at least 4 members (excludes halogenated alkanes) is 1. The van der Waals surface area contributed by atoms with Crippen LogP contribution in [0.4, 0.5) is 8.78 Å². The maximum atomic E-state index is 13.8. The molecule has 0 aliphatic heterocycles. The molecular weight excluding hydrogens is 356 g/mol. The first kappa shape index (κ1) is 22.3. The molecule has 152 valence electrons. The van der Waals surface area contributed by atoms with Crippen LogP contribution in [0.25, 0.3) is 0 Å². The SMILES string of the molecule is C=CCCCNCC(OCCCc1c(F)cccc1F)c1c(C)cccc1C. The topological polar surface area (TPSA) is 21.3 Å². The van der Waals surface area contributed by atoms with Gasteiger partial charge in [0.25, 0.3) is 0 Å². The molecule has 2 aromatic carbocycles. The highest BCUT2D eigenvalue weighted by Gasteiger charge is 2.17. The first-order valence-corrected chi connectivity index (χ1v) is 9.96. The first-order chi connectivity index (χ1) is 13.5. The molecule has 0 saturated heterocycles. The summed E-state index contributed by atoms with van der Waals surface area (Å²) in [6, 6.07) is 10.2. The number of hydrogen-bond donors (Lipinski definition) is 1. The highest BCUT2D eigenvalue weighted by atomic mass is 19.1. The Bertz CT molecular complexity index is 720. The Hall–Kier alpha value is -2.04. The summed E-state index contributed by atoms with van der Waals surface area (Å²) in [5.41, 5.74) is 3.71. The van der Waals surface area contributed by atoms with Gasteiger partial charge in [0.1, 0.15) is 11.6 Å². The molecule has 1 N–H and O–H groups in total. The van der Waals surface area contributed by atoms with E-state index in [4.69, 9.17) is 4.74 Å². The minimum atomic E-state index is -0.491. The van der Waals surface area contributed by atoms with Gasteiger partial charge in [-0.1, -0.05) is 30.3 Å². The van der Waals surface area contributed by atoms with E-state index < -0.39 is 11.6 Å². The zero-order valence-corrected chi connectivity index (χ0v) is 16.9. The summed E-state index contributed by atoms with van der Waals surface area (Å²) < 4.78 is 33.7. The lowest BCUT2D eigenvalue weighted by molar-refractivity contribution is 0.0502. The van der Waals surface area contributed by atoms with Gasteiger partial charge < -0.3 is 10.1 Å². The van der Waals surface area contributed by atoms with Crippen molar-refractivity contribution in [2.45, 2.75) is 45.6 Å². The maximum absolute atomic E-state index is 13.8. The van der Waals surface area contributed by atoms with Gasteiger partial charge in [0, 0.05) is 18.7 Å². The molecule has 1 atom stereocenters. The van der Waals surface area contributed by atoms with Gasteiger partial charge in [-0.05, 0) is 74.9 Å². The average Bonchev–Trinajstić information content (AvgIpc) is 2.66. The zero-order valence-electron chi connectivity index (χ0n) is 16.9. The molecule has 0 aliphatic rings. The standard InChI is InChI=1S/C24H31F2NO/c1-4-5-6-15-27-17-23(24-18(2)10-7-11-19(24)3)28-16-9-12-20-21(25)13-8-14-22(20)26/h4,7-8,10-11,13-14,23,27H,1,5-6,9,12,15-17H2,2-3H3. The normalized spacial score (nSPS) is 12.1. The number of halogens is 2. The molecule has 2 rings (SSSR count). The quantitative estimate of drug-likeness (QED) is 0.365. The average molecular weight is 388 g/mol. The molecule has 0 aliphatic carbocycles. The van der Waals surface area contributed by atoms with E-state index in [9.17, 15) is 8.78 Å². The molecule has 28 heavy (non-hydrogen) atoms. The number of rotatable bonds is 12. The zero-order chi connectivity index (χ0) is 20.4. The van der Waals surface area contributed by atoms with Crippen molar-refractivity contribution in [1.29, 1.82) is 0 Å². The second kappa shape index (κ2) is 11.7. The van der Waals surface area contributed by atoms with Crippen LogP contribution in [0, 0.1) is 25.5 Å². The molecular formula is C24H31F2NO. The van der Waals surface area contributed by atoms with E-state index in [0.29, 0.717) is 26.0 Å². The Balaban J connectivity index is 1.96. The first-order valence-electron chi connectivity index (χ1n) is 9.96. The number of nitrogens with one attached hydrogen (secondary N) is 1. The second-order valence-corrected chi connectivity index (χ2v) is 7.10. The van der Waals surface area contributed by atoms with E-state index in [-0.39, 0.29) is 11.7 Å². The van der Waals surface area contributed by atoms with Crippen molar-refractivity contribution in [3.8, 4) is 0 Å². The van der Waals surface area contributed by atoms with Crippen LogP contribution >= 0.6 is 0 Å². The highest BCUT2D eigenvalue weighted by molar-refractivity contribution is 5.35. The predicted molar refractivity (Wildman–Crippen MR) is 112 cm³/mol. The fraction of sp³-hybridized carbons (Fsp3) is 0.417. The van der Waals surface area contributed by atoms with E-state index in [0.717, 1.165) is 19.4 Å². The second-order valence-electron chi connectivity index (χ2n) is 7.10. The Kier molecular flexibility index (Phi) is 9.32. The number of hydrogen-bond acceptors (Lipinski definition) is 2. The van der Waals surface area contributed by atoms with Crippen molar-refractivity contribution in [2.24, 2.45) is 0 Å². The molecule has 0 bridgehead atoms. The highest BCUT2D eigenvalue weighted by Crippen LogP contribution is 2.25. The number of benzene rings is 2. The van der Waals surface area contributed by atoms with Crippen LogP contribution in [0.3, 0.4) is 0 Å². The third-order valence-electron chi connectivity index (χ3n) is 4.91. The summed E-state index contributed by atoms with van der Waals surface area (Å²) in [6.45, 7) is 9.97. The van der Waals surface area contributed by atoms with Crippen molar-refractivity contribution >= 4 is 0 Å². The van der Waals surface area contributed by atoms with Crippen LogP contribution < -0.4 is 5.32 Å². The van der Waals surface area contributed by atoms with Crippen LogP contribution in [0.5, 0.6) is 0 Å². The van der Waals surface area contributed by atoms with Gasteiger partial charge in [-0.25, -0.2) is 8.78 Å². The van der Waals surface area contributed by atoms with E-state index in [1.165, 1.54) is 34.9 Å². The van der Waals surface area contributed by atoms with Gasteiger partial charge >= 0.3 is 0 Å². The van der Waals surface area contributed by atoms with Crippen molar-refractivity contribution in [3.63, 3.8) is 0 Å². The molecule has 1 unspecified atom stereocenters. The smallest absolute Gasteiger partial charge is 0.129 e. The van der Waals surface area contributed by atoms with Gasteiger partial charge in [0.2, 0.25) is 0 Å². The summed E-state index contributed by atoms with van der Waals surface area (Å²) in [5, 5.41) is 3.46. The van der Waals surface area contributed by atoms with Crippen molar-refractivity contribution in [1.82, 2.24) is 5.32 Å². The summed E-state index contributed by atoms with van der Waals surface area (Å²) in [4.78, 5) is 0. The lowest BCUT2D eigenvalue weighted by Crippen LogP contribution is -2.26. The maximum Gasteiger partial charge on any atom is 0.129 e. The molecule has 0 saturated carbocycles. The summed E-state index contributed by atoms with van der Waals surface area (Å²) >= 11 is 0. The van der Waals surface area contributed by atoms with Gasteiger partial charge in [0.05, 0.1) is 6.10 Å². The Morgan fingerprint density at radius 1 is 1.04 bits per heavy atom. The lowest BCUT2D eigenvalue weighted by Gasteiger charge is -2.23. The van der Waals surface area contributed by atoms with E-state index in [1.54, 1.807) is 0 Å². The molecule has 0 fully saturated rings. The molecule has 2 aromatic rings. The summed E-state index contributed by atoms with van der Waals surface area (Å²) in [7, 11) is 0. The van der Waals surface area contributed by atoms with Gasteiger partial charge in [-0.2, -0.15) is 0 Å². The fourth-order valence-corrected chi connectivity index (χ4v) is 3.43. The van der Waals surface area contributed by atoms with Crippen molar-refractivity contribution in [2.75, 3.05) is 19.7 Å². The third kappa shape index (κ3) is 6.54. The van der Waals surface area contributed by atoms with Crippen molar-refractivity contribution in [3.05, 3.63) is 82.9 Å². The predicted octanol–water partition coefficient (Wildman–Crippen LogP) is 5.83. The minimum absolute atomic E-state index is 0.0876. The van der Waals surface area contributed by atoms with Gasteiger partial charge in [-0.15, -0.1) is 6.58 Å². The molecule has 0 spiro atoms. The fourth-order valence-electron chi connectivity index (χ4n) is 3.43. The van der Waals surface area contributed by atoms with Crippen LogP contribution in [0.1, 0.15) is 47.6 Å². The molecule has 0 amide bonds. The number of allylic oxidation sites excluding steroid dienone is 1. The molecule has 0 aromatic heterocycles. The Morgan fingerprint density at radius 2 is 1.68 bits per heavy atom. The third-order valence-corrected chi connectivity index (χ3v) is 4.91. The summed E-state index contributed by atoms with van der Waals surface area (Å²) in [6.07, 6.45) is 4.74. The van der Waals surface area contributed by atoms with Gasteiger partial charge in [-0.3, -0.25) is 0 Å². The van der Waals surface area contributed by atoms with E-state index >= 15 is 0 Å². The van der Waals surface area contributed by atoms with Crippen molar-refractivity contribution < 1.29 is 13.5 Å². The molecule has 0 heterocycles. The van der Waals surface area contributed by atoms with E-state index in [2.05, 4.69) is 37.9 Å². The lowest BCUT2D eigenvalue weighted by atomic mass is 9.97. The van der Waals surface area contributed by atoms with Crippen LogP contribution in [0.15, 0.2) is 49.1 Å². The summed E-state index contributed by atoms with van der Waals surface area (Å²) in [5.74, 6) is -0.981. The molecule has 0 radical (unpaired) electrons. The Morgan fingerprint density at radius 3 is 2.32 bits per heavy atom. The van der Waals surface area contributed by atoms with Crippen LogP contribution in [0.2, 0.25) is 0 Å². The largest absolute Gasteiger partial charge is 0.372 e. The minimum Gasteiger partial charge on any atom is -0.372 e. The number of ether oxygens (including phenoxy) is 1. The monoisotopic (exact) mass is 387 g/mol. The van der Waals surface area contributed by atoms with E-state index in [1.807, 2.05) is 12.1 Å². The number of aryl methyl sites for hydroxylation is 2. The van der Waals surface area contributed by atoms with Gasteiger partial charge in [0.15, 0.2) is 0 Å². The Labute approximate surface area is 167 Å². The van der Waals surface area contributed by atoms with Crippen LogP contribution in [-0.4, -0.2) is 19.7 Å².